The minimum Gasteiger partial charge on any atom is -0.492 e. The number of H-pyrrole nitrogens is 1. The van der Waals surface area contributed by atoms with Crippen LogP contribution in [0.3, 0.4) is 0 Å². The number of nitrogens with one attached hydrogen (secondary N) is 2. The largest absolute Gasteiger partial charge is 0.492 e. The highest BCUT2D eigenvalue weighted by Crippen LogP contribution is 2.02. The second-order valence-corrected chi connectivity index (χ2v) is 2.74. The Morgan fingerprint density at radius 3 is 2.83 bits per heavy atom. The number of hydrogen-bond donors (Lipinski definition) is 3. The smallest absolute Gasteiger partial charge is 0.287 e. The molecule has 5 heteroatoms. The summed E-state index contributed by atoms with van der Waals surface area (Å²) in [4.78, 5) is 17.2. The topological polar surface area (TPSA) is 78.0 Å². The first-order chi connectivity index (χ1) is 5.59. The number of aromatic nitrogens is 2. The van der Waals surface area contributed by atoms with E-state index in [-0.39, 0.29) is 23.7 Å². The molecule has 66 valence electrons. The Hall–Kier alpha value is -1.52. The van der Waals surface area contributed by atoms with E-state index in [4.69, 9.17) is 5.11 Å². The maximum Gasteiger partial charge on any atom is 0.287 e. The lowest BCUT2D eigenvalue weighted by Gasteiger charge is -2.04. The van der Waals surface area contributed by atoms with Gasteiger partial charge in [-0.1, -0.05) is 0 Å². The summed E-state index contributed by atoms with van der Waals surface area (Å²) in [7, 11) is 0. The van der Waals surface area contributed by atoms with Crippen molar-refractivity contribution in [2.75, 3.05) is 0 Å². The van der Waals surface area contributed by atoms with E-state index in [0.29, 0.717) is 0 Å². The number of amides is 1. The van der Waals surface area contributed by atoms with Gasteiger partial charge >= 0.3 is 0 Å². The number of hydrogen-bond acceptors (Lipinski definition) is 3. The van der Waals surface area contributed by atoms with Gasteiger partial charge in [0.25, 0.3) is 5.91 Å². The van der Waals surface area contributed by atoms with E-state index in [1.807, 2.05) is 13.8 Å². The van der Waals surface area contributed by atoms with Crippen molar-refractivity contribution in [1.82, 2.24) is 15.3 Å². The summed E-state index contributed by atoms with van der Waals surface area (Å²) in [5.41, 5.74) is 0. The van der Waals surface area contributed by atoms with Crippen molar-refractivity contribution in [3.05, 3.63) is 12.0 Å². The third kappa shape index (κ3) is 1.98. The van der Waals surface area contributed by atoms with Gasteiger partial charge in [0.2, 0.25) is 5.88 Å². The molecule has 0 fully saturated rings. The number of aromatic amines is 1. The van der Waals surface area contributed by atoms with Crippen LogP contribution in [0, 0.1) is 0 Å². The van der Waals surface area contributed by atoms with Gasteiger partial charge in [0.05, 0.1) is 6.20 Å². The fourth-order valence-electron chi connectivity index (χ4n) is 0.759. The number of nitrogens with zero attached hydrogens (tertiary/aromatic N) is 1. The van der Waals surface area contributed by atoms with Crippen LogP contribution in [0.5, 0.6) is 5.88 Å². The average Bonchev–Trinajstić information content (AvgIpc) is 2.34. The standard InChI is InChI=1S/C7H11N3O2/c1-4(2)9-7(12)6-8-3-5(11)10-6/h3-4,11H,1-2H3,(H,8,10)(H,9,12). The first-order valence-corrected chi connectivity index (χ1v) is 3.65. The van der Waals surface area contributed by atoms with Crippen molar-refractivity contribution >= 4 is 5.91 Å². The Morgan fingerprint density at radius 1 is 1.75 bits per heavy atom. The summed E-state index contributed by atoms with van der Waals surface area (Å²) < 4.78 is 0. The molecule has 0 aliphatic rings. The first kappa shape index (κ1) is 8.58. The number of carbonyl (C=O) groups is 1. The van der Waals surface area contributed by atoms with Crippen LogP contribution in [0.2, 0.25) is 0 Å². The second-order valence-electron chi connectivity index (χ2n) is 2.74. The van der Waals surface area contributed by atoms with Crippen molar-refractivity contribution in [1.29, 1.82) is 0 Å². The molecule has 0 atom stereocenters. The molecule has 1 aromatic heterocycles. The zero-order chi connectivity index (χ0) is 9.14. The summed E-state index contributed by atoms with van der Waals surface area (Å²) in [6.45, 7) is 3.70. The zero-order valence-corrected chi connectivity index (χ0v) is 6.96. The van der Waals surface area contributed by atoms with Crippen LogP contribution >= 0.6 is 0 Å². The Bertz CT molecular complexity index is 280. The molecule has 0 radical (unpaired) electrons. The van der Waals surface area contributed by atoms with Crippen LogP contribution in [-0.4, -0.2) is 27.0 Å². The lowest BCUT2D eigenvalue weighted by molar-refractivity contribution is 0.0933. The van der Waals surface area contributed by atoms with E-state index in [1.165, 1.54) is 6.20 Å². The Balaban J connectivity index is 2.65. The van der Waals surface area contributed by atoms with E-state index in [2.05, 4.69) is 15.3 Å². The predicted octanol–water partition coefficient (Wildman–Crippen LogP) is 0.254. The van der Waals surface area contributed by atoms with Gasteiger partial charge in [0.15, 0.2) is 5.82 Å². The highest BCUT2D eigenvalue weighted by atomic mass is 16.3. The lowest BCUT2D eigenvalue weighted by atomic mass is 10.4. The van der Waals surface area contributed by atoms with E-state index < -0.39 is 0 Å². The maximum atomic E-state index is 11.2. The predicted molar refractivity (Wildman–Crippen MR) is 42.9 cm³/mol. The zero-order valence-electron chi connectivity index (χ0n) is 6.96. The van der Waals surface area contributed by atoms with E-state index >= 15 is 0 Å². The van der Waals surface area contributed by atoms with Crippen LogP contribution in [0.1, 0.15) is 24.5 Å². The molecule has 1 aromatic rings. The third-order valence-corrected chi connectivity index (χ3v) is 1.20. The van der Waals surface area contributed by atoms with Gasteiger partial charge in [-0.3, -0.25) is 4.79 Å². The van der Waals surface area contributed by atoms with Crippen molar-refractivity contribution in [2.24, 2.45) is 0 Å². The van der Waals surface area contributed by atoms with Crippen LogP contribution in [-0.2, 0) is 0 Å². The SMILES string of the molecule is CC(C)NC(=O)c1nc(O)c[nH]1. The van der Waals surface area contributed by atoms with Gasteiger partial charge in [-0.25, -0.2) is 0 Å². The monoisotopic (exact) mass is 169 g/mol. The van der Waals surface area contributed by atoms with E-state index in [9.17, 15) is 4.79 Å². The maximum absolute atomic E-state index is 11.2. The van der Waals surface area contributed by atoms with E-state index in [1.54, 1.807) is 0 Å². The molecule has 0 aliphatic heterocycles. The number of rotatable bonds is 2. The van der Waals surface area contributed by atoms with Gasteiger partial charge in [0, 0.05) is 6.04 Å². The molecule has 5 nitrogen and oxygen atoms in total. The van der Waals surface area contributed by atoms with Crippen molar-refractivity contribution in [3.8, 4) is 5.88 Å². The van der Waals surface area contributed by atoms with Crippen LogP contribution in [0.4, 0.5) is 0 Å². The molecular weight excluding hydrogens is 158 g/mol. The minimum atomic E-state index is -0.315. The molecular formula is C7H11N3O2. The molecule has 3 N–H and O–H groups in total. The quantitative estimate of drug-likeness (QED) is 0.594. The Morgan fingerprint density at radius 2 is 2.42 bits per heavy atom. The summed E-state index contributed by atoms with van der Waals surface area (Å²) in [5.74, 6) is -0.365. The minimum absolute atomic E-state index is 0.0599. The summed E-state index contributed by atoms with van der Waals surface area (Å²) >= 11 is 0. The van der Waals surface area contributed by atoms with Crippen molar-refractivity contribution < 1.29 is 9.90 Å². The lowest BCUT2D eigenvalue weighted by Crippen LogP contribution is -2.30. The van der Waals surface area contributed by atoms with E-state index in [0.717, 1.165) is 0 Å². The molecule has 1 amide bonds. The van der Waals surface area contributed by atoms with Gasteiger partial charge in [-0.05, 0) is 13.8 Å². The van der Waals surface area contributed by atoms with Gasteiger partial charge in [-0.15, -0.1) is 0 Å². The highest BCUT2D eigenvalue weighted by molar-refractivity contribution is 5.90. The molecule has 0 aromatic carbocycles. The molecule has 0 aliphatic carbocycles. The van der Waals surface area contributed by atoms with Crippen molar-refractivity contribution in [3.63, 3.8) is 0 Å². The van der Waals surface area contributed by atoms with Crippen LogP contribution in [0.25, 0.3) is 0 Å². The fourth-order valence-corrected chi connectivity index (χ4v) is 0.759. The molecule has 0 saturated carbocycles. The molecule has 0 saturated heterocycles. The fraction of sp³-hybridized carbons (Fsp3) is 0.429. The molecule has 1 heterocycles. The first-order valence-electron chi connectivity index (χ1n) is 3.65. The summed E-state index contributed by atoms with van der Waals surface area (Å²) in [6.07, 6.45) is 1.26. The van der Waals surface area contributed by atoms with Crippen molar-refractivity contribution in [2.45, 2.75) is 19.9 Å². The molecule has 1 rings (SSSR count). The molecule has 0 spiro atoms. The van der Waals surface area contributed by atoms with Gasteiger partial charge in [-0.2, -0.15) is 4.98 Å². The normalized spacial score (nSPS) is 10.2. The van der Waals surface area contributed by atoms with Gasteiger partial charge < -0.3 is 15.4 Å². The summed E-state index contributed by atoms with van der Waals surface area (Å²) in [6, 6.07) is 0.0599. The number of aromatic hydroxyl groups is 1. The molecule has 0 unspecified atom stereocenters. The molecule has 0 bridgehead atoms. The van der Waals surface area contributed by atoms with Crippen LogP contribution < -0.4 is 5.32 Å². The summed E-state index contributed by atoms with van der Waals surface area (Å²) in [5, 5.41) is 11.4. The number of imidazole rings is 1. The van der Waals surface area contributed by atoms with Crippen LogP contribution in [0.15, 0.2) is 6.20 Å². The average molecular weight is 169 g/mol. The number of carbonyl (C=O) groups excluding carboxylic acids is 1. The highest BCUT2D eigenvalue weighted by Gasteiger charge is 2.10. The third-order valence-electron chi connectivity index (χ3n) is 1.20. The Kier molecular flexibility index (Phi) is 2.32. The Labute approximate surface area is 69.8 Å². The van der Waals surface area contributed by atoms with Gasteiger partial charge in [0.1, 0.15) is 0 Å². The molecule has 12 heavy (non-hydrogen) atoms. The second kappa shape index (κ2) is 3.25.